The van der Waals surface area contributed by atoms with Gasteiger partial charge in [-0.2, -0.15) is 0 Å². The van der Waals surface area contributed by atoms with Crippen LogP contribution in [-0.4, -0.2) is 41.0 Å². The predicted molar refractivity (Wildman–Crippen MR) is 112 cm³/mol. The average Bonchev–Trinajstić information content (AvgIpc) is 2.77. The van der Waals surface area contributed by atoms with E-state index in [0.717, 1.165) is 16.1 Å². The van der Waals surface area contributed by atoms with E-state index in [2.05, 4.69) is 10.6 Å². The zero-order chi connectivity index (χ0) is 21.1. The highest BCUT2D eigenvalue weighted by molar-refractivity contribution is 8.01. The molecule has 0 bridgehead atoms. The van der Waals surface area contributed by atoms with E-state index < -0.39 is 5.25 Å². The van der Waals surface area contributed by atoms with Gasteiger partial charge in [0.1, 0.15) is 5.82 Å². The summed E-state index contributed by atoms with van der Waals surface area (Å²) in [6, 6.07) is 13.4. The molecule has 2 N–H and O–H groups in total. The van der Waals surface area contributed by atoms with Crippen molar-refractivity contribution in [3.63, 3.8) is 0 Å². The van der Waals surface area contributed by atoms with Gasteiger partial charge >= 0.3 is 0 Å². The summed E-state index contributed by atoms with van der Waals surface area (Å²) in [5.74, 6) is -1.07. The van der Waals surface area contributed by atoms with E-state index in [9.17, 15) is 18.8 Å². The Morgan fingerprint density at radius 1 is 1.10 bits per heavy atom. The molecule has 1 saturated heterocycles. The van der Waals surface area contributed by atoms with Gasteiger partial charge < -0.3 is 15.5 Å². The third-order valence-corrected chi connectivity index (χ3v) is 6.67. The Balaban J connectivity index is 1.28. The fraction of sp³-hybridized carbons (Fsp3) is 0.318. The molecule has 8 heteroatoms. The fourth-order valence-electron chi connectivity index (χ4n) is 3.68. The van der Waals surface area contributed by atoms with Crippen molar-refractivity contribution in [3.8, 4) is 0 Å². The lowest BCUT2D eigenvalue weighted by atomic mass is 9.95. The van der Waals surface area contributed by atoms with E-state index >= 15 is 0 Å². The number of anilines is 1. The van der Waals surface area contributed by atoms with Crippen LogP contribution < -0.4 is 10.6 Å². The second kappa shape index (κ2) is 8.87. The largest absolute Gasteiger partial charge is 0.352 e. The summed E-state index contributed by atoms with van der Waals surface area (Å²) in [7, 11) is 0. The zero-order valence-electron chi connectivity index (χ0n) is 16.3. The summed E-state index contributed by atoms with van der Waals surface area (Å²) in [4.78, 5) is 40.3. The molecule has 30 heavy (non-hydrogen) atoms. The number of benzene rings is 2. The highest BCUT2D eigenvalue weighted by Crippen LogP contribution is 2.36. The van der Waals surface area contributed by atoms with Gasteiger partial charge in [-0.3, -0.25) is 14.4 Å². The molecule has 2 aromatic carbocycles. The predicted octanol–water partition coefficient (Wildman–Crippen LogP) is 2.79. The SMILES string of the molecule is O=C(NCc1ccc(F)cc1)C1CCN(C(=O)[C@@H]2Sc3ccccc3NC2=O)CC1. The molecule has 0 aliphatic carbocycles. The first-order valence-electron chi connectivity index (χ1n) is 9.89. The molecular formula is C22H22FN3O3S. The molecule has 0 saturated carbocycles. The van der Waals surface area contributed by atoms with Crippen LogP contribution in [0.5, 0.6) is 0 Å². The minimum Gasteiger partial charge on any atom is -0.352 e. The summed E-state index contributed by atoms with van der Waals surface area (Å²) < 4.78 is 13.0. The van der Waals surface area contributed by atoms with Crippen molar-refractivity contribution < 1.29 is 18.8 Å². The van der Waals surface area contributed by atoms with Gasteiger partial charge in [-0.15, -0.1) is 11.8 Å². The van der Waals surface area contributed by atoms with E-state index in [-0.39, 0.29) is 29.5 Å². The van der Waals surface area contributed by atoms with Gasteiger partial charge in [-0.05, 0) is 42.7 Å². The molecule has 2 aromatic rings. The number of nitrogens with one attached hydrogen (secondary N) is 2. The molecule has 4 rings (SSSR count). The molecule has 2 heterocycles. The van der Waals surface area contributed by atoms with Crippen molar-refractivity contribution in [2.75, 3.05) is 18.4 Å². The normalized spacial score (nSPS) is 19.0. The number of nitrogens with zero attached hydrogens (tertiary/aromatic N) is 1. The van der Waals surface area contributed by atoms with Gasteiger partial charge in [0.2, 0.25) is 17.7 Å². The number of halogens is 1. The van der Waals surface area contributed by atoms with Gasteiger partial charge in [-0.1, -0.05) is 24.3 Å². The topological polar surface area (TPSA) is 78.5 Å². The molecule has 1 atom stereocenters. The van der Waals surface area contributed by atoms with Crippen LogP contribution in [0, 0.1) is 11.7 Å². The first-order valence-corrected chi connectivity index (χ1v) is 10.8. The number of amides is 3. The molecule has 0 spiro atoms. The Labute approximate surface area is 178 Å². The smallest absolute Gasteiger partial charge is 0.247 e. The summed E-state index contributed by atoms with van der Waals surface area (Å²) in [5, 5.41) is 4.88. The number of likely N-dealkylation sites (tertiary alicyclic amines) is 1. The van der Waals surface area contributed by atoms with Crippen LogP contribution in [0.3, 0.4) is 0 Å². The number of thioether (sulfide) groups is 1. The van der Waals surface area contributed by atoms with Crippen molar-refractivity contribution in [2.24, 2.45) is 5.92 Å². The van der Waals surface area contributed by atoms with E-state index in [1.54, 1.807) is 17.0 Å². The first-order chi connectivity index (χ1) is 14.5. The molecule has 0 radical (unpaired) electrons. The molecular weight excluding hydrogens is 405 g/mol. The second-order valence-electron chi connectivity index (χ2n) is 7.43. The lowest BCUT2D eigenvalue weighted by Crippen LogP contribution is -2.49. The number of carbonyl (C=O) groups excluding carboxylic acids is 3. The van der Waals surface area contributed by atoms with Crippen LogP contribution >= 0.6 is 11.8 Å². The number of para-hydroxylation sites is 1. The quantitative estimate of drug-likeness (QED) is 0.736. The molecule has 6 nitrogen and oxygen atoms in total. The van der Waals surface area contributed by atoms with Gasteiger partial charge in [0.05, 0.1) is 5.69 Å². The third-order valence-electron chi connectivity index (χ3n) is 5.41. The monoisotopic (exact) mass is 427 g/mol. The van der Waals surface area contributed by atoms with Crippen LogP contribution in [0.4, 0.5) is 10.1 Å². The molecule has 2 aliphatic heterocycles. The lowest BCUT2D eigenvalue weighted by Gasteiger charge is -2.34. The maximum absolute atomic E-state index is 13.0. The minimum atomic E-state index is -0.802. The fourth-order valence-corrected chi connectivity index (χ4v) is 4.75. The van der Waals surface area contributed by atoms with Crippen LogP contribution in [0.1, 0.15) is 18.4 Å². The van der Waals surface area contributed by atoms with Gasteiger partial charge in [0.15, 0.2) is 5.25 Å². The zero-order valence-corrected chi connectivity index (χ0v) is 17.1. The van der Waals surface area contributed by atoms with Gasteiger partial charge in [-0.25, -0.2) is 4.39 Å². The maximum Gasteiger partial charge on any atom is 0.247 e. The summed E-state index contributed by atoms with van der Waals surface area (Å²) in [6.45, 7) is 1.23. The number of piperidine rings is 1. The van der Waals surface area contributed by atoms with Crippen molar-refractivity contribution in [1.29, 1.82) is 0 Å². The number of rotatable bonds is 4. The summed E-state index contributed by atoms with van der Waals surface area (Å²) >= 11 is 1.27. The number of carbonyl (C=O) groups is 3. The Morgan fingerprint density at radius 2 is 1.80 bits per heavy atom. The summed E-state index contributed by atoms with van der Waals surface area (Å²) in [5.41, 5.74) is 1.56. The molecule has 0 unspecified atom stereocenters. The van der Waals surface area contributed by atoms with Crippen molar-refractivity contribution in [3.05, 3.63) is 59.9 Å². The molecule has 156 valence electrons. The highest BCUT2D eigenvalue weighted by atomic mass is 32.2. The number of fused-ring (bicyclic) bond motifs is 1. The Kier molecular flexibility index (Phi) is 6.03. The minimum absolute atomic E-state index is 0.0647. The van der Waals surface area contributed by atoms with Crippen molar-refractivity contribution >= 4 is 35.2 Å². The van der Waals surface area contributed by atoms with Gasteiger partial charge in [0, 0.05) is 30.4 Å². The van der Waals surface area contributed by atoms with Crippen LogP contribution in [0.15, 0.2) is 53.4 Å². The van der Waals surface area contributed by atoms with Crippen LogP contribution in [-0.2, 0) is 20.9 Å². The van der Waals surface area contributed by atoms with E-state index in [0.29, 0.717) is 32.5 Å². The molecule has 1 fully saturated rings. The highest BCUT2D eigenvalue weighted by Gasteiger charge is 2.37. The standard InChI is InChI=1S/C22H22FN3O3S/c23-16-7-5-14(6-8-16)13-24-20(27)15-9-11-26(12-10-15)22(29)19-21(28)25-17-3-1-2-4-18(17)30-19/h1-8,15,19H,9-13H2,(H,24,27)(H,25,28)/t19-/m1/s1. The van der Waals surface area contributed by atoms with Crippen LogP contribution in [0.2, 0.25) is 0 Å². The number of hydrogen-bond acceptors (Lipinski definition) is 4. The number of hydrogen-bond donors (Lipinski definition) is 2. The maximum atomic E-state index is 13.0. The Bertz CT molecular complexity index is 958. The lowest BCUT2D eigenvalue weighted by molar-refractivity contribution is -0.137. The van der Waals surface area contributed by atoms with Gasteiger partial charge in [0.25, 0.3) is 0 Å². The van der Waals surface area contributed by atoms with Crippen molar-refractivity contribution in [1.82, 2.24) is 10.2 Å². The van der Waals surface area contributed by atoms with E-state index in [4.69, 9.17) is 0 Å². The molecule has 2 aliphatic rings. The first kappa shape index (κ1) is 20.4. The average molecular weight is 428 g/mol. The third kappa shape index (κ3) is 4.48. The van der Waals surface area contributed by atoms with Crippen LogP contribution in [0.25, 0.3) is 0 Å². The second-order valence-corrected chi connectivity index (χ2v) is 8.57. The Hall–Kier alpha value is -2.87. The van der Waals surface area contributed by atoms with Crippen molar-refractivity contribution in [2.45, 2.75) is 29.5 Å². The van der Waals surface area contributed by atoms with E-state index in [1.165, 1.54) is 23.9 Å². The molecule has 3 amide bonds. The molecule has 0 aromatic heterocycles. The summed E-state index contributed by atoms with van der Waals surface area (Å²) in [6.07, 6.45) is 1.10. The Morgan fingerprint density at radius 3 is 2.53 bits per heavy atom. The van der Waals surface area contributed by atoms with E-state index in [1.807, 2.05) is 24.3 Å².